The third-order valence-corrected chi connectivity index (χ3v) is 6.15. The number of urea groups is 1. The standard InChI is InChI=1S/C31H39N3O4/c1-23(26-18-12-7-13-19-26)34(29(36)33-31(2,3)4)21-28(35)27(20-24-14-8-5-9-15-24)32-30(37)38-22-25-16-10-6-11-17-25/h5-19,23,27-28,35H,20-22H2,1-4H3,(H,32,37)(H,33,36)/t23-,27-,28+/m0/s1. The molecule has 0 aromatic heterocycles. The highest BCUT2D eigenvalue weighted by atomic mass is 16.5. The fourth-order valence-corrected chi connectivity index (χ4v) is 4.12. The molecule has 0 heterocycles. The van der Waals surface area contributed by atoms with Gasteiger partial charge in [0.25, 0.3) is 0 Å². The van der Waals surface area contributed by atoms with Crippen LogP contribution in [0.15, 0.2) is 91.0 Å². The maximum absolute atomic E-state index is 13.4. The summed E-state index contributed by atoms with van der Waals surface area (Å²) >= 11 is 0. The highest BCUT2D eigenvalue weighted by Crippen LogP contribution is 2.22. The summed E-state index contributed by atoms with van der Waals surface area (Å²) in [7, 11) is 0. The Morgan fingerprint density at radius 3 is 1.95 bits per heavy atom. The van der Waals surface area contributed by atoms with Crippen molar-refractivity contribution in [3.05, 3.63) is 108 Å². The number of hydrogen-bond donors (Lipinski definition) is 3. The lowest BCUT2D eigenvalue weighted by Gasteiger charge is -2.36. The Morgan fingerprint density at radius 1 is 0.868 bits per heavy atom. The van der Waals surface area contributed by atoms with Crippen LogP contribution in [0.2, 0.25) is 0 Å². The van der Waals surface area contributed by atoms with Crippen molar-refractivity contribution in [2.45, 2.75) is 64.4 Å². The minimum atomic E-state index is -1.06. The number of benzene rings is 3. The van der Waals surface area contributed by atoms with Crippen LogP contribution in [0, 0.1) is 0 Å². The number of carbonyl (C=O) groups excluding carboxylic acids is 2. The quantitative estimate of drug-likeness (QED) is 0.333. The van der Waals surface area contributed by atoms with E-state index in [-0.39, 0.29) is 25.2 Å². The number of carbonyl (C=O) groups is 2. The van der Waals surface area contributed by atoms with Gasteiger partial charge in [-0.25, -0.2) is 9.59 Å². The molecule has 7 heteroatoms. The van der Waals surface area contributed by atoms with Crippen molar-refractivity contribution in [3.63, 3.8) is 0 Å². The molecule has 3 aromatic carbocycles. The van der Waals surface area contributed by atoms with E-state index < -0.39 is 23.8 Å². The van der Waals surface area contributed by atoms with Gasteiger partial charge in [-0.3, -0.25) is 0 Å². The number of nitrogens with one attached hydrogen (secondary N) is 2. The average Bonchev–Trinajstić information content (AvgIpc) is 2.90. The number of rotatable bonds is 10. The Hall–Kier alpha value is -3.84. The zero-order valence-electron chi connectivity index (χ0n) is 22.6. The van der Waals surface area contributed by atoms with Gasteiger partial charge in [0, 0.05) is 5.54 Å². The van der Waals surface area contributed by atoms with Gasteiger partial charge >= 0.3 is 12.1 Å². The minimum Gasteiger partial charge on any atom is -0.445 e. The molecular formula is C31H39N3O4. The first kappa shape index (κ1) is 28.7. The van der Waals surface area contributed by atoms with Crippen LogP contribution in [0.5, 0.6) is 0 Å². The van der Waals surface area contributed by atoms with Gasteiger partial charge in [-0.05, 0) is 50.8 Å². The summed E-state index contributed by atoms with van der Waals surface area (Å²) in [6.07, 6.45) is -1.32. The number of nitrogens with zero attached hydrogens (tertiary/aromatic N) is 1. The lowest BCUT2D eigenvalue weighted by molar-refractivity contribution is 0.0682. The van der Waals surface area contributed by atoms with Gasteiger partial charge in [0.2, 0.25) is 0 Å². The van der Waals surface area contributed by atoms with E-state index in [1.165, 1.54) is 0 Å². The molecule has 0 unspecified atom stereocenters. The summed E-state index contributed by atoms with van der Waals surface area (Å²) in [5.74, 6) is 0. The van der Waals surface area contributed by atoms with Crippen LogP contribution in [0.3, 0.4) is 0 Å². The first-order chi connectivity index (χ1) is 18.1. The number of ether oxygens (including phenoxy) is 1. The van der Waals surface area contributed by atoms with Gasteiger partial charge in [-0.1, -0.05) is 91.0 Å². The number of hydrogen-bond acceptors (Lipinski definition) is 4. The first-order valence-corrected chi connectivity index (χ1v) is 13.0. The largest absolute Gasteiger partial charge is 0.445 e. The maximum Gasteiger partial charge on any atom is 0.407 e. The monoisotopic (exact) mass is 517 g/mol. The van der Waals surface area contributed by atoms with Gasteiger partial charge < -0.3 is 25.4 Å². The molecule has 3 N–H and O–H groups in total. The van der Waals surface area contributed by atoms with Crippen LogP contribution in [-0.4, -0.2) is 46.4 Å². The van der Waals surface area contributed by atoms with Crippen LogP contribution in [-0.2, 0) is 17.8 Å². The molecule has 0 spiro atoms. The van der Waals surface area contributed by atoms with Crippen LogP contribution < -0.4 is 10.6 Å². The average molecular weight is 518 g/mol. The van der Waals surface area contributed by atoms with Crippen molar-refractivity contribution < 1.29 is 19.4 Å². The molecule has 3 amide bonds. The number of aliphatic hydroxyl groups excluding tert-OH is 1. The smallest absolute Gasteiger partial charge is 0.407 e. The Labute approximate surface area is 225 Å². The topological polar surface area (TPSA) is 90.9 Å². The number of aliphatic hydroxyl groups is 1. The summed E-state index contributed by atoms with van der Waals surface area (Å²) in [4.78, 5) is 27.7. The molecular weight excluding hydrogens is 478 g/mol. The highest BCUT2D eigenvalue weighted by Gasteiger charge is 2.31. The molecule has 0 saturated carbocycles. The third-order valence-electron chi connectivity index (χ3n) is 6.15. The van der Waals surface area contributed by atoms with Crippen LogP contribution in [0.25, 0.3) is 0 Å². The Morgan fingerprint density at radius 2 is 1.39 bits per heavy atom. The van der Waals surface area contributed by atoms with Crippen LogP contribution >= 0.6 is 0 Å². The molecule has 3 atom stereocenters. The van der Waals surface area contributed by atoms with E-state index in [4.69, 9.17) is 4.74 Å². The summed E-state index contributed by atoms with van der Waals surface area (Å²) in [5.41, 5.74) is 2.30. The second-order valence-electron chi connectivity index (χ2n) is 10.5. The molecule has 0 fully saturated rings. The molecule has 3 rings (SSSR count). The van der Waals surface area contributed by atoms with E-state index in [9.17, 15) is 14.7 Å². The van der Waals surface area contributed by atoms with Crippen molar-refractivity contribution in [1.29, 1.82) is 0 Å². The molecule has 3 aromatic rings. The van der Waals surface area contributed by atoms with E-state index >= 15 is 0 Å². The SMILES string of the molecule is C[C@@H](c1ccccc1)N(C[C@@H](O)[C@H](Cc1ccccc1)NC(=O)OCc1ccccc1)C(=O)NC(C)(C)C. The molecule has 0 aliphatic carbocycles. The predicted molar refractivity (Wildman–Crippen MR) is 150 cm³/mol. The van der Waals surface area contributed by atoms with Gasteiger partial charge in [-0.15, -0.1) is 0 Å². The zero-order chi connectivity index (χ0) is 27.5. The van der Waals surface area contributed by atoms with E-state index in [0.717, 1.165) is 16.7 Å². The maximum atomic E-state index is 13.4. The molecule has 202 valence electrons. The molecule has 0 bridgehead atoms. The number of alkyl carbamates (subject to hydrolysis) is 1. The first-order valence-electron chi connectivity index (χ1n) is 13.0. The van der Waals surface area contributed by atoms with E-state index in [0.29, 0.717) is 6.42 Å². The second kappa shape index (κ2) is 13.6. The molecule has 0 saturated heterocycles. The lowest BCUT2D eigenvalue weighted by Crippen LogP contribution is -2.55. The van der Waals surface area contributed by atoms with Gasteiger partial charge in [0.15, 0.2) is 0 Å². The van der Waals surface area contributed by atoms with E-state index in [1.807, 2.05) is 119 Å². The molecule has 0 radical (unpaired) electrons. The van der Waals surface area contributed by atoms with Gasteiger partial charge in [0.05, 0.1) is 24.7 Å². The Balaban J connectivity index is 1.79. The summed E-state index contributed by atoms with van der Waals surface area (Å²) in [6, 6.07) is 27.4. The fourth-order valence-electron chi connectivity index (χ4n) is 4.12. The van der Waals surface area contributed by atoms with E-state index in [2.05, 4.69) is 10.6 Å². The van der Waals surface area contributed by atoms with Crippen molar-refractivity contribution in [1.82, 2.24) is 15.5 Å². The van der Waals surface area contributed by atoms with Crippen LogP contribution in [0.1, 0.15) is 50.4 Å². The van der Waals surface area contributed by atoms with Gasteiger partial charge in [-0.2, -0.15) is 0 Å². The fraction of sp³-hybridized carbons (Fsp3) is 0.355. The van der Waals surface area contributed by atoms with Crippen LogP contribution in [0.4, 0.5) is 9.59 Å². The molecule has 7 nitrogen and oxygen atoms in total. The van der Waals surface area contributed by atoms with Crippen molar-refractivity contribution in [2.75, 3.05) is 6.54 Å². The normalized spacial score (nSPS) is 13.6. The highest BCUT2D eigenvalue weighted by molar-refractivity contribution is 5.75. The zero-order valence-corrected chi connectivity index (χ0v) is 22.6. The molecule has 38 heavy (non-hydrogen) atoms. The molecule has 0 aliphatic rings. The summed E-state index contributed by atoms with van der Waals surface area (Å²) in [5, 5.41) is 17.3. The third kappa shape index (κ3) is 9.23. The Bertz CT molecular complexity index is 1130. The summed E-state index contributed by atoms with van der Waals surface area (Å²) in [6.45, 7) is 7.79. The van der Waals surface area contributed by atoms with Crippen molar-refractivity contribution in [2.24, 2.45) is 0 Å². The lowest BCUT2D eigenvalue weighted by atomic mass is 9.99. The van der Waals surface area contributed by atoms with E-state index in [1.54, 1.807) is 4.90 Å². The van der Waals surface area contributed by atoms with Crippen molar-refractivity contribution in [3.8, 4) is 0 Å². The molecule has 0 aliphatic heterocycles. The summed E-state index contributed by atoms with van der Waals surface area (Å²) < 4.78 is 5.43. The minimum absolute atomic E-state index is 0.00837. The van der Waals surface area contributed by atoms with Crippen molar-refractivity contribution >= 4 is 12.1 Å². The predicted octanol–water partition coefficient (Wildman–Crippen LogP) is 5.46. The Kier molecular flexibility index (Phi) is 10.3. The van der Waals surface area contributed by atoms with Gasteiger partial charge in [0.1, 0.15) is 6.61 Å². The second-order valence-corrected chi connectivity index (χ2v) is 10.5. The number of amides is 3.